The van der Waals surface area contributed by atoms with Gasteiger partial charge in [0.2, 0.25) is 0 Å². The van der Waals surface area contributed by atoms with Gasteiger partial charge in [-0.2, -0.15) is 0 Å². The van der Waals surface area contributed by atoms with Crippen LogP contribution in [-0.2, 0) is 20.7 Å². The minimum Gasteiger partial charge on any atom is -0.464 e. The second kappa shape index (κ2) is 7.82. The van der Waals surface area contributed by atoms with Crippen molar-refractivity contribution >= 4 is 44.8 Å². The maximum atomic E-state index is 12.9. The number of rotatable bonds is 5. The number of fused-ring (bicyclic) bond motifs is 1. The Hall–Kier alpha value is -2.35. The molecule has 1 saturated carbocycles. The molecular weight excluding hydrogens is 440 g/mol. The van der Waals surface area contributed by atoms with Gasteiger partial charge < -0.3 is 14.5 Å². The maximum Gasteiger partial charge on any atom is 0.326 e. The Morgan fingerprint density at radius 1 is 1.34 bits per heavy atom. The topological polar surface area (TPSA) is 88.8 Å². The van der Waals surface area contributed by atoms with Crippen molar-refractivity contribution in [2.75, 3.05) is 13.2 Å². The molecule has 3 amide bonds. The minimum atomic E-state index is -0.863. The zero-order chi connectivity index (χ0) is 20.6. The third kappa shape index (κ3) is 3.77. The Morgan fingerprint density at radius 3 is 2.97 bits per heavy atom. The third-order valence-electron chi connectivity index (χ3n) is 5.93. The number of amides is 3. The molecule has 8 heteroatoms. The number of ether oxygens (including phenoxy) is 1. The standard InChI is InChI=1S/C21H23BrN2O5/c1-13-4-2-3-8-21(13)19(26)24(20(27)23-21)12-18(25)28-9-7-16-11-14-10-15(22)5-6-17(14)29-16/h5-6,10-11,13H,2-4,7-9,12H2,1H3,(H,23,27)/t13-,21+/m0/s1. The smallest absolute Gasteiger partial charge is 0.326 e. The third-order valence-corrected chi connectivity index (χ3v) is 6.42. The Morgan fingerprint density at radius 2 is 2.17 bits per heavy atom. The molecule has 1 aromatic carbocycles. The highest BCUT2D eigenvalue weighted by Crippen LogP contribution is 2.38. The van der Waals surface area contributed by atoms with Gasteiger partial charge in [-0.15, -0.1) is 0 Å². The van der Waals surface area contributed by atoms with Gasteiger partial charge in [-0.05, 0) is 43.0 Å². The van der Waals surface area contributed by atoms with Gasteiger partial charge in [0.1, 0.15) is 23.4 Å². The van der Waals surface area contributed by atoms with Crippen molar-refractivity contribution < 1.29 is 23.5 Å². The number of hydrogen-bond donors (Lipinski definition) is 1. The number of carbonyl (C=O) groups is 3. The van der Waals surface area contributed by atoms with E-state index in [1.807, 2.05) is 31.2 Å². The van der Waals surface area contributed by atoms with Crippen LogP contribution >= 0.6 is 15.9 Å². The number of urea groups is 1. The minimum absolute atomic E-state index is 0.0573. The molecule has 1 aliphatic carbocycles. The lowest BCUT2D eigenvalue weighted by molar-refractivity contribution is -0.148. The molecule has 1 N–H and O–H groups in total. The van der Waals surface area contributed by atoms with Crippen LogP contribution in [0.15, 0.2) is 33.2 Å². The molecule has 1 aromatic heterocycles. The zero-order valence-corrected chi connectivity index (χ0v) is 17.8. The van der Waals surface area contributed by atoms with Crippen molar-refractivity contribution in [2.45, 2.75) is 44.6 Å². The van der Waals surface area contributed by atoms with E-state index < -0.39 is 17.5 Å². The molecule has 1 spiro atoms. The number of halogens is 1. The number of esters is 1. The second-order valence-electron chi connectivity index (χ2n) is 7.80. The molecular formula is C21H23BrN2O5. The van der Waals surface area contributed by atoms with Gasteiger partial charge >= 0.3 is 12.0 Å². The Labute approximate surface area is 176 Å². The second-order valence-corrected chi connectivity index (χ2v) is 8.72. The summed E-state index contributed by atoms with van der Waals surface area (Å²) in [5, 5.41) is 3.80. The van der Waals surface area contributed by atoms with E-state index in [1.54, 1.807) is 0 Å². The Balaban J connectivity index is 1.32. The zero-order valence-electron chi connectivity index (χ0n) is 16.2. The van der Waals surface area contributed by atoms with E-state index in [4.69, 9.17) is 9.15 Å². The summed E-state index contributed by atoms with van der Waals surface area (Å²) in [5.74, 6) is -0.153. The van der Waals surface area contributed by atoms with Gasteiger partial charge in [-0.3, -0.25) is 14.5 Å². The molecule has 2 aliphatic rings. The Kier molecular flexibility index (Phi) is 5.38. The largest absolute Gasteiger partial charge is 0.464 e. The monoisotopic (exact) mass is 462 g/mol. The predicted octanol–water partition coefficient (Wildman–Crippen LogP) is 3.78. The summed E-state index contributed by atoms with van der Waals surface area (Å²) in [4.78, 5) is 38.4. The van der Waals surface area contributed by atoms with E-state index in [0.717, 1.165) is 39.6 Å². The molecule has 0 radical (unpaired) electrons. The number of imide groups is 1. The van der Waals surface area contributed by atoms with Crippen molar-refractivity contribution in [3.8, 4) is 0 Å². The quantitative estimate of drug-likeness (QED) is 0.539. The first-order chi connectivity index (χ1) is 13.9. The van der Waals surface area contributed by atoms with E-state index in [0.29, 0.717) is 18.6 Å². The molecule has 2 fully saturated rings. The molecule has 29 heavy (non-hydrogen) atoms. The molecule has 2 heterocycles. The summed E-state index contributed by atoms with van der Waals surface area (Å²) in [6.45, 7) is 1.72. The maximum absolute atomic E-state index is 12.9. The normalized spacial score (nSPS) is 24.3. The fourth-order valence-electron chi connectivity index (χ4n) is 4.27. The number of carbonyl (C=O) groups excluding carboxylic acids is 3. The van der Waals surface area contributed by atoms with Gasteiger partial charge in [0, 0.05) is 16.3 Å². The molecule has 2 atom stereocenters. The van der Waals surface area contributed by atoms with Crippen LogP contribution in [0.4, 0.5) is 4.79 Å². The van der Waals surface area contributed by atoms with E-state index in [-0.39, 0.29) is 25.0 Å². The predicted molar refractivity (Wildman–Crippen MR) is 109 cm³/mol. The van der Waals surface area contributed by atoms with E-state index in [2.05, 4.69) is 21.2 Å². The fourth-order valence-corrected chi connectivity index (χ4v) is 4.65. The average Bonchev–Trinajstić information content (AvgIpc) is 3.18. The molecule has 4 rings (SSSR count). The van der Waals surface area contributed by atoms with Crippen LogP contribution in [0.1, 0.15) is 38.4 Å². The number of hydrogen-bond acceptors (Lipinski definition) is 5. The summed E-state index contributed by atoms with van der Waals surface area (Å²) >= 11 is 3.42. The molecule has 0 unspecified atom stereocenters. The highest BCUT2D eigenvalue weighted by molar-refractivity contribution is 9.10. The van der Waals surface area contributed by atoms with Crippen molar-refractivity contribution in [3.63, 3.8) is 0 Å². The molecule has 0 bridgehead atoms. The molecule has 154 valence electrons. The fraction of sp³-hybridized carbons (Fsp3) is 0.476. The lowest BCUT2D eigenvalue weighted by Crippen LogP contribution is -2.54. The van der Waals surface area contributed by atoms with Crippen LogP contribution < -0.4 is 5.32 Å². The lowest BCUT2D eigenvalue weighted by Gasteiger charge is -2.36. The van der Waals surface area contributed by atoms with E-state index in [9.17, 15) is 14.4 Å². The Bertz CT molecular complexity index is 971. The first-order valence-corrected chi connectivity index (χ1v) is 10.7. The van der Waals surface area contributed by atoms with Crippen LogP contribution in [0.5, 0.6) is 0 Å². The summed E-state index contributed by atoms with van der Waals surface area (Å²) < 4.78 is 11.9. The number of benzene rings is 1. The van der Waals surface area contributed by atoms with Crippen molar-refractivity contribution in [2.24, 2.45) is 5.92 Å². The first-order valence-electron chi connectivity index (χ1n) is 9.87. The van der Waals surface area contributed by atoms with Gasteiger partial charge in [0.15, 0.2) is 0 Å². The number of nitrogens with zero attached hydrogens (tertiary/aromatic N) is 1. The highest BCUT2D eigenvalue weighted by atomic mass is 79.9. The van der Waals surface area contributed by atoms with Crippen molar-refractivity contribution in [1.29, 1.82) is 0 Å². The van der Waals surface area contributed by atoms with Crippen LogP contribution in [0.25, 0.3) is 11.0 Å². The highest BCUT2D eigenvalue weighted by Gasteiger charge is 2.55. The first kappa shape index (κ1) is 19.9. The van der Waals surface area contributed by atoms with Crippen molar-refractivity contribution in [1.82, 2.24) is 10.2 Å². The number of furan rings is 1. The van der Waals surface area contributed by atoms with Gasteiger partial charge in [-0.1, -0.05) is 35.7 Å². The van der Waals surface area contributed by atoms with Gasteiger partial charge in [0.05, 0.1) is 6.61 Å². The summed E-state index contributed by atoms with van der Waals surface area (Å²) in [6.07, 6.45) is 3.86. The van der Waals surface area contributed by atoms with Crippen LogP contribution in [0.3, 0.4) is 0 Å². The molecule has 2 aromatic rings. The summed E-state index contributed by atoms with van der Waals surface area (Å²) in [5.41, 5.74) is -0.0983. The molecule has 1 aliphatic heterocycles. The van der Waals surface area contributed by atoms with Crippen LogP contribution in [-0.4, -0.2) is 41.5 Å². The van der Waals surface area contributed by atoms with Crippen molar-refractivity contribution in [3.05, 3.63) is 34.5 Å². The lowest BCUT2D eigenvalue weighted by atomic mass is 9.73. The summed E-state index contributed by atoms with van der Waals surface area (Å²) in [6, 6.07) is 7.11. The number of nitrogens with one attached hydrogen (secondary N) is 1. The van der Waals surface area contributed by atoms with E-state index >= 15 is 0 Å². The van der Waals surface area contributed by atoms with Gasteiger partial charge in [0.25, 0.3) is 5.91 Å². The van der Waals surface area contributed by atoms with Crippen LogP contribution in [0, 0.1) is 5.92 Å². The molecule has 1 saturated heterocycles. The van der Waals surface area contributed by atoms with Crippen LogP contribution in [0.2, 0.25) is 0 Å². The average molecular weight is 463 g/mol. The van der Waals surface area contributed by atoms with E-state index in [1.165, 1.54) is 0 Å². The van der Waals surface area contributed by atoms with Gasteiger partial charge in [-0.25, -0.2) is 4.79 Å². The SMILES string of the molecule is C[C@H]1CCCC[C@@]12NC(=O)N(CC(=O)OCCc1cc3cc(Br)ccc3o1)C2=O. The summed E-state index contributed by atoms with van der Waals surface area (Å²) in [7, 11) is 0. The molecule has 7 nitrogen and oxygen atoms in total.